The van der Waals surface area contributed by atoms with Gasteiger partial charge in [0.2, 0.25) is 0 Å². The highest BCUT2D eigenvalue weighted by atomic mass is 35.5. The van der Waals surface area contributed by atoms with Crippen molar-refractivity contribution in [2.24, 2.45) is 15.4 Å². The molecule has 2 aromatic rings. The van der Waals surface area contributed by atoms with Crippen LogP contribution in [0.2, 0.25) is 5.02 Å². The molecule has 0 aliphatic carbocycles. The summed E-state index contributed by atoms with van der Waals surface area (Å²) in [7, 11) is 2.99. The molecule has 0 aromatic heterocycles. The normalized spacial score (nSPS) is 14.9. The molecule has 3 rings (SSSR count). The Hall–Kier alpha value is -3.13. The van der Waals surface area contributed by atoms with Crippen molar-refractivity contribution in [3.05, 3.63) is 47.0 Å². The molecular weight excluding hydrogens is 372 g/mol. The first-order valence-corrected chi connectivity index (χ1v) is 8.36. The van der Waals surface area contributed by atoms with E-state index in [0.717, 1.165) is 5.56 Å². The van der Waals surface area contributed by atoms with Crippen molar-refractivity contribution in [2.75, 3.05) is 26.1 Å². The van der Waals surface area contributed by atoms with Gasteiger partial charge in [-0.15, -0.1) is 5.10 Å². The third-order valence-corrected chi connectivity index (χ3v) is 4.05. The van der Waals surface area contributed by atoms with Crippen LogP contribution in [-0.4, -0.2) is 32.9 Å². The molecule has 1 atom stereocenters. The Morgan fingerprint density at radius 3 is 2.70 bits per heavy atom. The molecule has 2 aromatic carbocycles. The lowest BCUT2D eigenvalue weighted by Gasteiger charge is -2.13. The van der Waals surface area contributed by atoms with Crippen molar-refractivity contribution in [2.45, 2.75) is 6.04 Å². The van der Waals surface area contributed by atoms with Crippen molar-refractivity contribution in [3.63, 3.8) is 0 Å². The predicted molar refractivity (Wildman–Crippen MR) is 101 cm³/mol. The fraction of sp³-hybridized carbons (Fsp3) is 0.222. The van der Waals surface area contributed by atoms with Gasteiger partial charge in [-0.2, -0.15) is 5.11 Å². The summed E-state index contributed by atoms with van der Waals surface area (Å²) in [4.78, 5) is 12.2. The Bertz CT molecular complexity index is 889. The van der Waals surface area contributed by atoms with Crippen LogP contribution in [0.3, 0.4) is 0 Å². The zero-order chi connectivity index (χ0) is 19.2. The summed E-state index contributed by atoms with van der Waals surface area (Å²) < 4.78 is 15.9. The first kappa shape index (κ1) is 18.7. The average molecular weight is 389 g/mol. The Kier molecular flexibility index (Phi) is 5.87. The molecule has 9 heteroatoms. The predicted octanol–water partition coefficient (Wildman–Crippen LogP) is 3.87. The van der Waals surface area contributed by atoms with Crippen molar-refractivity contribution < 1.29 is 19.0 Å². The number of benzene rings is 2. The van der Waals surface area contributed by atoms with Gasteiger partial charge in [-0.05, 0) is 29.0 Å². The molecule has 1 N–H and O–H groups in total. The van der Waals surface area contributed by atoms with Crippen LogP contribution in [0, 0.1) is 0 Å². The zero-order valence-electron chi connectivity index (χ0n) is 14.7. The molecule has 1 aliphatic heterocycles. The van der Waals surface area contributed by atoms with Gasteiger partial charge in [-0.3, -0.25) is 4.79 Å². The van der Waals surface area contributed by atoms with Crippen LogP contribution in [0.4, 0.5) is 5.69 Å². The third kappa shape index (κ3) is 4.53. The molecule has 0 saturated heterocycles. The second-order valence-corrected chi connectivity index (χ2v) is 5.92. The first-order valence-electron chi connectivity index (χ1n) is 7.98. The van der Waals surface area contributed by atoms with E-state index in [1.807, 2.05) is 12.1 Å². The fourth-order valence-electron chi connectivity index (χ4n) is 2.44. The molecule has 8 nitrogen and oxygen atoms in total. The number of halogens is 1. The van der Waals surface area contributed by atoms with Gasteiger partial charge in [0.05, 0.1) is 31.1 Å². The number of nitrogens with zero attached hydrogens (tertiary/aromatic N) is 3. The number of methoxy groups -OCH3 is 2. The molecule has 0 fully saturated rings. The van der Waals surface area contributed by atoms with Gasteiger partial charge in [-0.1, -0.05) is 23.7 Å². The second kappa shape index (κ2) is 8.50. The minimum Gasteiger partial charge on any atom is -0.495 e. The molecule has 1 amide bonds. The molecule has 140 valence electrons. The number of nitrogens with one attached hydrogen (secondary N) is 1. The van der Waals surface area contributed by atoms with E-state index in [0.29, 0.717) is 28.0 Å². The van der Waals surface area contributed by atoms with Crippen LogP contribution < -0.4 is 19.5 Å². The Morgan fingerprint density at radius 2 is 2.00 bits per heavy atom. The topological polar surface area (TPSA) is 93.9 Å². The SMILES string of the molecule is COc1cc(OC)c(NC(=O)COc2cccc(C3C=NN=N3)c2)cc1Cl. The number of rotatable bonds is 7. The minimum atomic E-state index is -0.359. The summed E-state index contributed by atoms with van der Waals surface area (Å²) in [6, 6.07) is 10.2. The monoisotopic (exact) mass is 388 g/mol. The maximum atomic E-state index is 12.2. The van der Waals surface area contributed by atoms with Crippen LogP contribution in [-0.2, 0) is 4.79 Å². The van der Waals surface area contributed by atoms with E-state index in [4.69, 9.17) is 25.8 Å². The molecular formula is C18H17ClN4O4. The van der Waals surface area contributed by atoms with Gasteiger partial charge in [-0.25, -0.2) is 0 Å². The number of ether oxygens (including phenoxy) is 3. The number of hydrogen-bond acceptors (Lipinski definition) is 7. The molecule has 0 radical (unpaired) electrons. The number of carbonyl (C=O) groups excluding carboxylic acids is 1. The standard InChI is InChI=1S/C18H17ClN4O4/c1-25-16-8-17(26-2)14(7-13(16)19)21-18(24)10-27-12-5-3-4-11(6-12)15-9-20-23-22-15/h3-9,15H,10H2,1-2H3,(H,21,24). The van der Waals surface area contributed by atoms with Crippen LogP contribution in [0.1, 0.15) is 11.6 Å². The Morgan fingerprint density at radius 1 is 1.19 bits per heavy atom. The van der Waals surface area contributed by atoms with E-state index in [-0.39, 0.29) is 18.6 Å². The van der Waals surface area contributed by atoms with Crippen LogP contribution in [0.25, 0.3) is 0 Å². The molecule has 27 heavy (non-hydrogen) atoms. The quantitative estimate of drug-likeness (QED) is 0.779. The van der Waals surface area contributed by atoms with Gasteiger partial charge >= 0.3 is 0 Å². The Balaban J connectivity index is 1.63. The summed E-state index contributed by atoms with van der Waals surface area (Å²) in [5, 5.41) is 14.3. The highest BCUT2D eigenvalue weighted by Gasteiger charge is 2.14. The van der Waals surface area contributed by atoms with Gasteiger partial charge in [0.25, 0.3) is 5.91 Å². The smallest absolute Gasteiger partial charge is 0.262 e. The summed E-state index contributed by atoms with van der Waals surface area (Å²) in [5.41, 5.74) is 1.30. The van der Waals surface area contributed by atoms with Crippen molar-refractivity contribution in [1.29, 1.82) is 0 Å². The lowest BCUT2D eigenvalue weighted by atomic mass is 10.1. The Labute approximate surface area is 160 Å². The summed E-state index contributed by atoms with van der Waals surface area (Å²) in [6.45, 7) is -0.184. The number of hydrogen-bond donors (Lipinski definition) is 1. The van der Waals surface area contributed by atoms with E-state index in [9.17, 15) is 4.79 Å². The molecule has 1 heterocycles. The molecule has 0 spiro atoms. The van der Waals surface area contributed by atoms with Crippen LogP contribution >= 0.6 is 11.6 Å². The maximum Gasteiger partial charge on any atom is 0.262 e. The average Bonchev–Trinajstić information content (AvgIpc) is 3.22. The van der Waals surface area contributed by atoms with E-state index in [2.05, 4.69) is 20.8 Å². The van der Waals surface area contributed by atoms with Gasteiger partial charge in [0.1, 0.15) is 23.3 Å². The van der Waals surface area contributed by atoms with Gasteiger partial charge in [0.15, 0.2) is 6.61 Å². The second-order valence-electron chi connectivity index (χ2n) is 5.51. The first-order chi connectivity index (χ1) is 13.1. The summed E-state index contributed by atoms with van der Waals surface area (Å²) >= 11 is 6.10. The number of amides is 1. The van der Waals surface area contributed by atoms with E-state index < -0.39 is 0 Å². The van der Waals surface area contributed by atoms with Gasteiger partial charge in [0, 0.05) is 6.07 Å². The number of carbonyl (C=O) groups is 1. The van der Waals surface area contributed by atoms with E-state index in [1.54, 1.807) is 30.5 Å². The fourth-order valence-corrected chi connectivity index (χ4v) is 2.68. The largest absolute Gasteiger partial charge is 0.495 e. The molecule has 0 saturated carbocycles. The summed E-state index contributed by atoms with van der Waals surface area (Å²) in [6.07, 6.45) is 1.63. The van der Waals surface area contributed by atoms with Crippen molar-refractivity contribution in [3.8, 4) is 17.2 Å². The molecule has 1 aliphatic rings. The zero-order valence-corrected chi connectivity index (χ0v) is 15.4. The van der Waals surface area contributed by atoms with E-state index in [1.165, 1.54) is 14.2 Å². The molecule has 0 bridgehead atoms. The molecule has 1 unspecified atom stereocenters. The maximum absolute atomic E-state index is 12.2. The van der Waals surface area contributed by atoms with Crippen molar-refractivity contribution >= 4 is 29.4 Å². The van der Waals surface area contributed by atoms with Crippen LogP contribution in [0.5, 0.6) is 17.2 Å². The lowest BCUT2D eigenvalue weighted by molar-refractivity contribution is -0.118. The third-order valence-electron chi connectivity index (χ3n) is 3.75. The lowest BCUT2D eigenvalue weighted by Crippen LogP contribution is -2.20. The summed E-state index contributed by atoms with van der Waals surface area (Å²) in [5.74, 6) is 1.06. The number of anilines is 1. The van der Waals surface area contributed by atoms with Gasteiger partial charge < -0.3 is 19.5 Å². The minimum absolute atomic E-state index is 0.184. The van der Waals surface area contributed by atoms with Crippen LogP contribution in [0.15, 0.2) is 51.8 Å². The van der Waals surface area contributed by atoms with Crippen molar-refractivity contribution in [1.82, 2.24) is 0 Å². The highest BCUT2D eigenvalue weighted by molar-refractivity contribution is 6.32. The van der Waals surface area contributed by atoms with E-state index >= 15 is 0 Å². The highest BCUT2D eigenvalue weighted by Crippen LogP contribution is 2.35.